The van der Waals surface area contributed by atoms with Crippen molar-refractivity contribution in [2.45, 2.75) is 59.5 Å². The van der Waals surface area contributed by atoms with Crippen LogP contribution in [-0.4, -0.2) is 119 Å². The third-order valence-corrected chi connectivity index (χ3v) is 6.77. The van der Waals surface area contributed by atoms with Gasteiger partial charge in [-0.3, -0.25) is 19.6 Å². The number of aromatic hydroxyl groups is 3. The van der Waals surface area contributed by atoms with Crippen LogP contribution in [0.4, 0.5) is 0 Å². The number of aliphatic hydroxyl groups excluding tert-OH is 4. The smallest absolute Gasteiger partial charge is 0.253 e. The van der Waals surface area contributed by atoms with Gasteiger partial charge in [0.05, 0.1) is 17.7 Å². The molecule has 1 aromatic heterocycles. The number of carbonyl (C=O) groups is 1. The maximum atomic E-state index is 13.1. The number of hydrogen-bond donors (Lipinski definition) is 8. The number of phenols is 3. The fourth-order valence-corrected chi connectivity index (χ4v) is 4.48. The third kappa shape index (κ3) is 6.98. The summed E-state index contributed by atoms with van der Waals surface area (Å²) in [5, 5.41) is 74.1. The van der Waals surface area contributed by atoms with Crippen molar-refractivity contribution in [2.24, 2.45) is 4.99 Å². The van der Waals surface area contributed by atoms with Gasteiger partial charge < -0.3 is 41.1 Å². The lowest BCUT2D eigenvalue weighted by Gasteiger charge is -2.27. The highest BCUT2D eigenvalue weighted by Gasteiger charge is 2.23. The molecule has 2 aromatic carbocycles. The Balaban J connectivity index is 2.01. The molecule has 0 aliphatic heterocycles. The van der Waals surface area contributed by atoms with Gasteiger partial charge in [-0.15, -0.1) is 0 Å². The number of aromatic nitrogens is 2. The van der Waals surface area contributed by atoms with Crippen LogP contribution in [0.15, 0.2) is 17.1 Å². The highest BCUT2D eigenvalue weighted by Crippen LogP contribution is 2.38. The number of aliphatic hydroxyl groups is 4. The number of phenolic OH excluding ortho intramolecular Hbond substituents is 3. The summed E-state index contributed by atoms with van der Waals surface area (Å²) < 4.78 is 0. The van der Waals surface area contributed by atoms with Crippen molar-refractivity contribution in [3.63, 3.8) is 0 Å². The second-order valence-electron chi connectivity index (χ2n) is 9.78. The molecule has 224 valence electrons. The van der Waals surface area contributed by atoms with Crippen LogP contribution < -0.4 is 5.32 Å². The number of nitrogens with one attached hydrogen (secondary N) is 1. The summed E-state index contributed by atoms with van der Waals surface area (Å²) in [6, 6.07) is 2.63. The summed E-state index contributed by atoms with van der Waals surface area (Å²) in [7, 11) is 0. The Labute approximate surface area is 236 Å². The van der Waals surface area contributed by atoms with Crippen LogP contribution in [0.1, 0.15) is 49.2 Å². The Hall–Kier alpha value is -3.66. The lowest BCUT2D eigenvalue weighted by molar-refractivity contribution is -0.0828. The average Bonchev–Trinajstić information content (AvgIpc) is 2.90. The Morgan fingerprint density at radius 1 is 0.854 bits per heavy atom. The van der Waals surface area contributed by atoms with Gasteiger partial charge in [-0.05, 0) is 46.8 Å². The molecule has 41 heavy (non-hydrogen) atoms. The molecule has 0 radical (unpaired) electrons. The van der Waals surface area contributed by atoms with Crippen LogP contribution in [0.2, 0.25) is 0 Å². The molecule has 3 rings (SSSR count). The minimum atomic E-state index is -0.936. The predicted octanol–water partition coefficient (Wildman–Crippen LogP) is 0.314. The number of hydrogen-bond acceptors (Lipinski definition) is 13. The first kappa shape index (κ1) is 31.9. The maximum absolute atomic E-state index is 13.1. The van der Waals surface area contributed by atoms with Crippen molar-refractivity contribution in [2.75, 3.05) is 26.2 Å². The molecule has 0 saturated heterocycles. The number of carbonyl (C=O) groups excluding carboxylic acids is 1. The van der Waals surface area contributed by atoms with E-state index in [-0.39, 0.29) is 82.2 Å². The van der Waals surface area contributed by atoms with E-state index in [0.29, 0.717) is 0 Å². The average molecular weight is 575 g/mol. The molecule has 0 saturated carbocycles. The molecule has 14 heteroatoms. The molecule has 0 bridgehead atoms. The van der Waals surface area contributed by atoms with E-state index in [1.165, 1.54) is 62.8 Å². The van der Waals surface area contributed by atoms with Gasteiger partial charge in [0.1, 0.15) is 64.2 Å². The molecule has 0 aliphatic rings. The molecule has 8 N–H and O–H groups in total. The number of fused-ring (bicyclic) bond motifs is 2. The Morgan fingerprint density at radius 3 is 2.00 bits per heavy atom. The zero-order valence-electron chi connectivity index (χ0n) is 23.6. The van der Waals surface area contributed by atoms with E-state index in [1.807, 2.05) is 0 Å². The topological polar surface area (TPSA) is 215 Å². The Bertz CT molecular complexity index is 1410. The molecule has 0 spiro atoms. The fourth-order valence-electron chi connectivity index (χ4n) is 4.48. The van der Waals surface area contributed by atoms with Crippen molar-refractivity contribution < 1.29 is 40.5 Å². The van der Waals surface area contributed by atoms with E-state index in [9.17, 15) is 40.5 Å². The van der Waals surface area contributed by atoms with Crippen LogP contribution in [-0.2, 0) is 0 Å². The molecule has 1 heterocycles. The Kier molecular flexibility index (Phi) is 10.4. The van der Waals surface area contributed by atoms with Crippen LogP contribution in [0.3, 0.4) is 0 Å². The molecule has 3 aromatic rings. The highest BCUT2D eigenvalue weighted by atomic mass is 16.3. The Morgan fingerprint density at radius 2 is 1.41 bits per heavy atom. The zero-order valence-corrected chi connectivity index (χ0v) is 23.6. The highest BCUT2D eigenvalue weighted by molar-refractivity contribution is 6.10. The summed E-state index contributed by atoms with van der Waals surface area (Å²) in [6.45, 7) is 8.08. The van der Waals surface area contributed by atoms with E-state index in [2.05, 4.69) is 20.3 Å². The van der Waals surface area contributed by atoms with Gasteiger partial charge >= 0.3 is 0 Å². The molecular weight excluding hydrogens is 536 g/mol. The van der Waals surface area contributed by atoms with Crippen molar-refractivity contribution >= 4 is 34.2 Å². The molecule has 0 fully saturated rings. The van der Waals surface area contributed by atoms with E-state index in [1.54, 1.807) is 0 Å². The van der Waals surface area contributed by atoms with Crippen molar-refractivity contribution in [1.29, 1.82) is 0 Å². The van der Waals surface area contributed by atoms with E-state index in [0.717, 1.165) is 0 Å². The molecule has 4 unspecified atom stereocenters. The number of benzene rings is 2. The molecule has 1 amide bonds. The van der Waals surface area contributed by atoms with Gasteiger partial charge in [-0.2, -0.15) is 0 Å². The number of nitrogens with zero attached hydrogens (tertiary/aromatic N) is 5. The predicted molar refractivity (Wildman–Crippen MR) is 152 cm³/mol. The van der Waals surface area contributed by atoms with Crippen molar-refractivity contribution in [3.05, 3.63) is 28.8 Å². The maximum Gasteiger partial charge on any atom is 0.253 e. The lowest BCUT2D eigenvalue weighted by Crippen LogP contribution is -2.44. The van der Waals surface area contributed by atoms with E-state index < -0.39 is 30.8 Å². The quantitative estimate of drug-likeness (QED) is 0.0833. The van der Waals surface area contributed by atoms with Crippen molar-refractivity contribution in [3.8, 4) is 17.2 Å². The molecule has 14 nitrogen and oxygen atoms in total. The minimum absolute atomic E-state index is 0.00527. The van der Waals surface area contributed by atoms with E-state index in [4.69, 9.17) is 0 Å². The fraction of sp³-hybridized carbons (Fsp3) is 0.481. The summed E-state index contributed by atoms with van der Waals surface area (Å²) >= 11 is 0. The number of amides is 1. The molecular formula is C27H38N6O8. The number of aliphatic imine (C=N–C) groups is 1. The zero-order chi connectivity index (χ0) is 30.6. The summed E-state index contributed by atoms with van der Waals surface area (Å²) in [6.07, 6.45) is -2.35. The SMILES string of the molecule is Cc1c(O)c(C=NCCN(C(C)O)C(C)O)c2nc3c(O)ccc(C(=O)NCCN(C(C)O)C(C)O)c3nc2c1O. The van der Waals surface area contributed by atoms with Crippen LogP contribution in [0.25, 0.3) is 22.1 Å². The first-order valence-corrected chi connectivity index (χ1v) is 13.2. The van der Waals surface area contributed by atoms with Gasteiger partial charge in [0.25, 0.3) is 5.91 Å². The summed E-state index contributed by atoms with van der Waals surface area (Å²) in [4.78, 5) is 29.0. The monoisotopic (exact) mass is 574 g/mol. The van der Waals surface area contributed by atoms with Gasteiger partial charge in [0.15, 0.2) is 0 Å². The summed E-state index contributed by atoms with van der Waals surface area (Å²) in [5.74, 6) is -1.51. The largest absolute Gasteiger partial charge is 0.507 e. The van der Waals surface area contributed by atoms with Crippen molar-refractivity contribution in [1.82, 2.24) is 25.1 Å². The van der Waals surface area contributed by atoms with Crippen LogP contribution >= 0.6 is 0 Å². The van der Waals surface area contributed by atoms with Gasteiger partial charge in [-0.1, -0.05) is 0 Å². The van der Waals surface area contributed by atoms with Gasteiger partial charge in [-0.25, -0.2) is 9.97 Å². The van der Waals surface area contributed by atoms with E-state index >= 15 is 0 Å². The normalized spacial score (nSPS) is 15.2. The van der Waals surface area contributed by atoms with Gasteiger partial charge in [0.2, 0.25) is 0 Å². The lowest BCUT2D eigenvalue weighted by atomic mass is 10.0. The minimum Gasteiger partial charge on any atom is -0.507 e. The second kappa shape index (κ2) is 13.3. The van der Waals surface area contributed by atoms with Gasteiger partial charge in [0, 0.05) is 31.4 Å². The first-order valence-electron chi connectivity index (χ1n) is 13.2. The van der Waals surface area contributed by atoms with Crippen LogP contribution in [0.5, 0.6) is 17.2 Å². The second-order valence-corrected chi connectivity index (χ2v) is 9.78. The first-order chi connectivity index (χ1) is 19.3. The summed E-state index contributed by atoms with van der Waals surface area (Å²) in [5.41, 5.74) is 0.238. The molecule has 4 atom stereocenters. The molecule has 0 aliphatic carbocycles. The number of rotatable bonds is 12. The van der Waals surface area contributed by atoms with Crippen LogP contribution in [0, 0.1) is 6.92 Å². The third-order valence-electron chi connectivity index (χ3n) is 6.77. The standard InChI is InChI=1S/C27H38N6O8/c1-13-25(39)19(12-28-8-10-32(14(2)34)15(3)35)22-24(26(13)40)31-21-18(6-7-20(38)23(21)30-22)27(41)29-9-11-33(16(4)36)17(5)37/h6-7,12,14-17,34-40H,8-11H2,1-5H3,(H,29,41).